The second-order valence-electron chi connectivity index (χ2n) is 8.59. The van der Waals surface area contributed by atoms with Gasteiger partial charge in [0.15, 0.2) is 0 Å². The van der Waals surface area contributed by atoms with Crippen LogP contribution in [-0.4, -0.2) is 29.6 Å². The molecule has 0 bridgehead atoms. The van der Waals surface area contributed by atoms with Gasteiger partial charge in [0.05, 0.1) is 17.7 Å². The summed E-state index contributed by atoms with van der Waals surface area (Å²) in [5.41, 5.74) is 3.49. The Morgan fingerprint density at radius 2 is 2.00 bits per heavy atom. The Kier molecular flexibility index (Phi) is 4.41. The highest BCUT2D eigenvalue weighted by Crippen LogP contribution is 2.39. The van der Waals surface area contributed by atoms with E-state index in [4.69, 9.17) is 14.5 Å². The SMILES string of the molecule is CC(C)(C)[C@H]1CCc2nc3ccccc3c(C(=O)O[C@H]3CCOC3=O)c2C1. The van der Waals surface area contributed by atoms with Crippen LogP contribution in [-0.2, 0) is 27.1 Å². The van der Waals surface area contributed by atoms with Gasteiger partial charge in [-0.2, -0.15) is 0 Å². The number of aryl methyl sites for hydroxylation is 1. The van der Waals surface area contributed by atoms with Gasteiger partial charge >= 0.3 is 11.9 Å². The zero-order chi connectivity index (χ0) is 19.2. The second kappa shape index (κ2) is 6.63. The molecular weight excluding hydrogens is 342 g/mol. The van der Waals surface area contributed by atoms with Crippen LogP contribution in [0.2, 0.25) is 0 Å². The second-order valence-corrected chi connectivity index (χ2v) is 8.59. The third kappa shape index (κ3) is 3.31. The van der Waals surface area contributed by atoms with E-state index in [-0.39, 0.29) is 5.41 Å². The predicted molar refractivity (Wildman–Crippen MR) is 101 cm³/mol. The number of pyridine rings is 1. The monoisotopic (exact) mass is 367 g/mol. The first-order valence-electron chi connectivity index (χ1n) is 9.62. The van der Waals surface area contributed by atoms with Crippen molar-refractivity contribution in [3.05, 3.63) is 41.1 Å². The number of para-hydroxylation sites is 1. The summed E-state index contributed by atoms with van der Waals surface area (Å²) in [5.74, 6) is -0.428. The van der Waals surface area contributed by atoms with Crippen LogP contribution in [0, 0.1) is 11.3 Å². The van der Waals surface area contributed by atoms with Crippen LogP contribution in [0.4, 0.5) is 0 Å². The fourth-order valence-corrected chi connectivity index (χ4v) is 4.13. The number of hydrogen-bond acceptors (Lipinski definition) is 5. The first kappa shape index (κ1) is 18.0. The molecule has 1 aromatic heterocycles. The zero-order valence-electron chi connectivity index (χ0n) is 16.1. The molecule has 0 radical (unpaired) electrons. The molecule has 27 heavy (non-hydrogen) atoms. The lowest BCUT2D eigenvalue weighted by Gasteiger charge is -2.35. The summed E-state index contributed by atoms with van der Waals surface area (Å²) in [5, 5.41) is 0.794. The minimum atomic E-state index is -0.804. The molecule has 1 saturated heterocycles. The van der Waals surface area contributed by atoms with Crippen molar-refractivity contribution in [1.82, 2.24) is 4.98 Å². The number of cyclic esters (lactones) is 1. The summed E-state index contributed by atoms with van der Waals surface area (Å²) in [6, 6.07) is 7.66. The van der Waals surface area contributed by atoms with E-state index in [1.54, 1.807) is 0 Å². The largest absolute Gasteiger partial charge is 0.463 e. The maximum absolute atomic E-state index is 13.1. The molecule has 5 nitrogen and oxygen atoms in total. The lowest BCUT2D eigenvalue weighted by molar-refractivity contribution is -0.145. The molecule has 0 amide bonds. The average molecular weight is 367 g/mol. The van der Waals surface area contributed by atoms with Gasteiger partial charge in [0.25, 0.3) is 0 Å². The van der Waals surface area contributed by atoms with Gasteiger partial charge in [-0.3, -0.25) is 4.98 Å². The van der Waals surface area contributed by atoms with E-state index >= 15 is 0 Å². The minimum absolute atomic E-state index is 0.153. The van der Waals surface area contributed by atoms with Crippen molar-refractivity contribution < 1.29 is 19.1 Å². The number of ether oxygens (including phenoxy) is 2. The maximum Gasteiger partial charge on any atom is 0.347 e. The van der Waals surface area contributed by atoms with Crippen LogP contribution < -0.4 is 0 Å². The number of hydrogen-bond donors (Lipinski definition) is 0. The van der Waals surface area contributed by atoms with E-state index in [9.17, 15) is 9.59 Å². The Labute approximate surface area is 159 Å². The van der Waals surface area contributed by atoms with Gasteiger partial charge in [-0.25, -0.2) is 9.59 Å². The molecule has 0 N–H and O–H groups in total. The van der Waals surface area contributed by atoms with Gasteiger partial charge in [0.1, 0.15) is 0 Å². The number of carbonyl (C=O) groups excluding carboxylic acids is 2. The van der Waals surface area contributed by atoms with Gasteiger partial charge < -0.3 is 9.47 Å². The summed E-state index contributed by atoms with van der Waals surface area (Å²) < 4.78 is 10.5. The Morgan fingerprint density at radius 3 is 2.70 bits per heavy atom. The normalized spacial score (nSPS) is 22.4. The molecule has 0 unspecified atom stereocenters. The highest BCUT2D eigenvalue weighted by atomic mass is 16.6. The van der Waals surface area contributed by atoms with Crippen LogP contribution in [0.1, 0.15) is 55.2 Å². The van der Waals surface area contributed by atoms with Crippen LogP contribution in [0.3, 0.4) is 0 Å². The lowest BCUT2D eigenvalue weighted by atomic mass is 9.70. The fraction of sp³-hybridized carbons (Fsp3) is 0.500. The molecule has 2 atom stereocenters. The molecule has 2 aromatic rings. The van der Waals surface area contributed by atoms with Crippen molar-refractivity contribution in [2.75, 3.05) is 6.61 Å². The quantitative estimate of drug-likeness (QED) is 0.754. The third-order valence-corrected chi connectivity index (χ3v) is 5.82. The summed E-state index contributed by atoms with van der Waals surface area (Å²) in [4.78, 5) is 29.7. The number of benzene rings is 1. The summed E-state index contributed by atoms with van der Waals surface area (Å²) in [7, 11) is 0. The first-order chi connectivity index (χ1) is 12.8. The van der Waals surface area contributed by atoms with Gasteiger partial charge in [0, 0.05) is 17.5 Å². The van der Waals surface area contributed by atoms with E-state index in [1.807, 2.05) is 24.3 Å². The topological polar surface area (TPSA) is 65.5 Å². The lowest BCUT2D eigenvalue weighted by Crippen LogP contribution is -2.30. The molecule has 142 valence electrons. The molecule has 1 aromatic carbocycles. The molecule has 0 spiro atoms. The van der Waals surface area contributed by atoms with Crippen LogP contribution in [0.25, 0.3) is 10.9 Å². The molecule has 1 aliphatic carbocycles. The van der Waals surface area contributed by atoms with E-state index in [0.29, 0.717) is 24.5 Å². The Morgan fingerprint density at radius 1 is 1.22 bits per heavy atom. The summed E-state index contributed by atoms with van der Waals surface area (Å²) >= 11 is 0. The first-order valence-corrected chi connectivity index (χ1v) is 9.62. The van der Waals surface area contributed by atoms with E-state index in [0.717, 1.165) is 41.4 Å². The van der Waals surface area contributed by atoms with Crippen molar-refractivity contribution in [3.8, 4) is 0 Å². The van der Waals surface area contributed by atoms with E-state index in [1.165, 1.54) is 0 Å². The smallest absolute Gasteiger partial charge is 0.347 e. The third-order valence-electron chi connectivity index (χ3n) is 5.82. The predicted octanol–water partition coefficient (Wildman–Crippen LogP) is 3.86. The van der Waals surface area contributed by atoms with Crippen molar-refractivity contribution in [2.45, 2.75) is 52.6 Å². The van der Waals surface area contributed by atoms with Crippen molar-refractivity contribution in [3.63, 3.8) is 0 Å². The van der Waals surface area contributed by atoms with Crippen LogP contribution in [0.5, 0.6) is 0 Å². The molecule has 1 fully saturated rings. The van der Waals surface area contributed by atoms with Crippen LogP contribution in [0.15, 0.2) is 24.3 Å². The summed E-state index contributed by atoms with van der Waals surface area (Å²) in [6.07, 6.45) is 2.33. The van der Waals surface area contributed by atoms with Crippen molar-refractivity contribution in [2.24, 2.45) is 11.3 Å². The highest BCUT2D eigenvalue weighted by molar-refractivity contribution is 6.05. The number of aromatic nitrogens is 1. The molecule has 5 heteroatoms. The van der Waals surface area contributed by atoms with Gasteiger partial charge in [-0.1, -0.05) is 39.0 Å². The maximum atomic E-state index is 13.1. The standard InChI is InChI=1S/C22H25NO4/c1-22(2,3)13-8-9-17-15(12-13)19(14-6-4-5-7-16(14)23-17)21(25)27-18-10-11-26-20(18)24/h4-7,13,18H,8-12H2,1-3H3/t13-,18-/m0/s1. The molecule has 2 aliphatic rings. The Bertz CT molecular complexity index is 912. The zero-order valence-corrected chi connectivity index (χ0v) is 16.1. The minimum Gasteiger partial charge on any atom is -0.463 e. The number of rotatable bonds is 2. The Hall–Kier alpha value is -2.43. The van der Waals surface area contributed by atoms with E-state index < -0.39 is 18.0 Å². The molecular formula is C22H25NO4. The van der Waals surface area contributed by atoms with Gasteiger partial charge in [0.2, 0.25) is 6.10 Å². The Balaban J connectivity index is 1.80. The summed E-state index contributed by atoms with van der Waals surface area (Å²) in [6.45, 7) is 7.02. The number of esters is 2. The highest BCUT2D eigenvalue weighted by Gasteiger charge is 2.35. The number of carbonyl (C=O) groups is 2. The van der Waals surface area contributed by atoms with Crippen LogP contribution >= 0.6 is 0 Å². The average Bonchev–Trinajstić information content (AvgIpc) is 3.03. The van der Waals surface area contributed by atoms with Crippen molar-refractivity contribution >= 4 is 22.8 Å². The van der Waals surface area contributed by atoms with E-state index in [2.05, 4.69) is 20.8 Å². The fourth-order valence-electron chi connectivity index (χ4n) is 4.13. The molecule has 1 aliphatic heterocycles. The number of fused-ring (bicyclic) bond motifs is 2. The van der Waals surface area contributed by atoms with Crippen molar-refractivity contribution in [1.29, 1.82) is 0 Å². The van der Waals surface area contributed by atoms with Gasteiger partial charge in [-0.05, 0) is 42.2 Å². The molecule has 4 rings (SSSR count). The number of nitrogens with zero attached hydrogens (tertiary/aromatic N) is 1. The molecule has 0 saturated carbocycles. The molecule has 2 heterocycles. The van der Waals surface area contributed by atoms with Gasteiger partial charge in [-0.15, -0.1) is 0 Å².